The van der Waals surface area contributed by atoms with E-state index in [9.17, 15) is 9.59 Å². The molecule has 12 rings (SSSR count). The van der Waals surface area contributed by atoms with Gasteiger partial charge in [-0.05, 0) is 100 Å². The van der Waals surface area contributed by atoms with E-state index in [1.54, 1.807) is 77.3 Å². The number of aromatic nitrogens is 11. The summed E-state index contributed by atoms with van der Waals surface area (Å²) in [4.78, 5) is 27.7. The molecular formula is C61H59F2N15O6. The Morgan fingerprint density at radius 2 is 1.11 bits per heavy atom. The molecule has 21 nitrogen and oxygen atoms in total. The van der Waals surface area contributed by atoms with Crippen LogP contribution in [0.15, 0.2) is 177 Å². The summed E-state index contributed by atoms with van der Waals surface area (Å²) in [5, 5.41) is 35.4. The Morgan fingerprint density at radius 1 is 0.560 bits per heavy atom. The number of carbonyl (C=O) groups is 2. The highest BCUT2D eigenvalue weighted by Crippen LogP contribution is 2.32. The highest BCUT2D eigenvalue weighted by Gasteiger charge is 2.34. The SMILES string of the molecule is COc1ccc(Cn2cc(CNCc3ccc(-c4ccc(N5C[C@H](Cn6ccnn6)OC5=O)cc4F)cc3)nn2)cc1.COc1ccc(Cn2nncc2CNCc2ccc(-c3ccc(N4C[C@H](Cn5cccn5)OC4=O)cc3F)cc2)cc1. The average molecular weight is 1140 g/mol. The summed E-state index contributed by atoms with van der Waals surface area (Å²) in [5.74, 6) is 0.816. The van der Waals surface area contributed by atoms with Crippen molar-refractivity contribution >= 4 is 23.6 Å². The topological polar surface area (TPSA) is 212 Å². The van der Waals surface area contributed by atoms with Gasteiger partial charge in [-0.25, -0.2) is 32.4 Å². The molecule has 2 fully saturated rings. The summed E-state index contributed by atoms with van der Waals surface area (Å²) in [7, 11) is 3.29. The zero-order valence-electron chi connectivity index (χ0n) is 46.0. The van der Waals surface area contributed by atoms with Crippen molar-refractivity contribution in [2.45, 2.75) is 64.6 Å². The molecule has 2 aliphatic heterocycles. The molecule has 6 heterocycles. The summed E-state index contributed by atoms with van der Waals surface area (Å²) < 4.78 is 58.6. The predicted octanol–water partition coefficient (Wildman–Crippen LogP) is 8.70. The molecule has 84 heavy (non-hydrogen) atoms. The summed E-state index contributed by atoms with van der Waals surface area (Å²) >= 11 is 0. The predicted molar refractivity (Wildman–Crippen MR) is 306 cm³/mol. The molecule has 4 aromatic heterocycles. The average Bonchev–Trinajstić information content (AvgIpc) is 4.38. The fourth-order valence-electron chi connectivity index (χ4n) is 9.76. The molecular weight excluding hydrogens is 1080 g/mol. The van der Waals surface area contributed by atoms with Gasteiger partial charge >= 0.3 is 12.2 Å². The number of hydrogen-bond donors (Lipinski definition) is 2. The molecule has 2 N–H and O–H groups in total. The van der Waals surface area contributed by atoms with Gasteiger partial charge in [-0.2, -0.15) is 5.10 Å². The Balaban J connectivity index is 0.000000175. The van der Waals surface area contributed by atoms with Gasteiger partial charge in [-0.3, -0.25) is 14.5 Å². The number of nitrogens with one attached hydrogen (secondary N) is 2. The number of ether oxygens (including phenoxy) is 4. The molecule has 2 amide bonds. The van der Waals surface area contributed by atoms with Gasteiger partial charge in [0.05, 0.1) is 94.8 Å². The Kier molecular flexibility index (Phi) is 17.4. The second-order valence-electron chi connectivity index (χ2n) is 20.0. The van der Waals surface area contributed by atoms with Crippen LogP contribution in [0, 0.1) is 11.6 Å². The van der Waals surface area contributed by atoms with Gasteiger partial charge in [0.15, 0.2) is 0 Å². The van der Waals surface area contributed by atoms with Crippen LogP contribution in [0.3, 0.4) is 0 Å². The molecule has 0 radical (unpaired) electrons. The van der Waals surface area contributed by atoms with Gasteiger partial charge in [0.1, 0.15) is 35.3 Å². The zero-order chi connectivity index (χ0) is 57.8. The van der Waals surface area contributed by atoms with Crippen LogP contribution in [0.5, 0.6) is 11.5 Å². The molecule has 6 aromatic carbocycles. The Hall–Kier alpha value is -10.1. The summed E-state index contributed by atoms with van der Waals surface area (Å²) in [6.07, 6.45) is 8.67. The van der Waals surface area contributed by atoms with Gasteiger partial charge in [0, 0.05) is 55.9 Å². The van der Waals surface area contributed by atoms with Gasteiger partial charge in [-0.1, -0.05) is 88.4 Å². The van der Waals surface area contributed by atoms with Crippen LogP contribution in [0.1, 0.15) is 33.6 Å². The lowest BCUT2D eigenvalue weighted by Gasteiger charge is -2.15. The molecule has 23 heteroatoms. The van der Waals surface area contributed by atoms with Crippen LogP contribution < -0.4 is 29.9 Å². The number of halogens is 2. The molecule has 2 saturated heterocycles. The quantitative estimate of drug-likeness (QED) is 0.0650. The molecule has 10 aromatic rings. The minimum atomic E-state index is -0.510. The van der Waals surface area contributed by atoms with Crippen molar-refractivity contribution in [3.05, 3.63) is 222 Å². The van der Waals surface area contributed by atoms with Gasteiger partial charge < -0.3 is 29.6 Å². The molecule has 0 spiro atoms. The monoisotopic (exact) mass is 1140 g/mol. The van der Waals surface area contributed by atoms with E-state index in [1.807, 2.05) is 120 Å². The fourth-order valence-corrected chi connectivity index (χ4v) is 9.76. The number of hydrogen-bond acceptors (Lipinski definition) is 15. The van der Waals surface area contributed by atoms with Crippen LogP contribution in [-0.2, 0) is 61.8 Å². The third-order valence-corrected chi connectivity index (χ3v) is 14.2. The molecule has 2 atom stereocenters. The van der Waals surface area contributed by atoms with E-state index in [0.717, 1.165) is 56.3 Å². The first kappa shape index (κ1) is 55.8. The smallest absolute Gasteiger partial charge is 0.414 e. The van der Waals surface area contributed by atoms with Gasteiger partial charge in [0.25, 0.3) is 0 Å². The fraction of sp³-hybridized carbons (Fsp3) is 0.230. The standard InChI is InChI=1S/C31H30FN7O3.C30H29FN8O3/c1-41-27-10-5-23(6-11-27)19-39-26(18-34-36-39)17-33-16-22-3-7-24(8-4-22)29-12-9-25(15-30(29)32)38-21-28(42-31(38)40)20-37-14-2-13-35-37;1-41-26-9-4-22(5-10-26)17-38-18-24(34-36-38)16-32-15-21-2-6-23(7-3-21)28-11-8-25(14-29(28)31)39-20-27(42-30(39)40)19-37-13-12-33-35-37/h2-15,18,28,33H,16-17,19-21H2,1H3;2-14,18,27,32H,15-17,19-20H2,1H3/t28-;27-/m00/s1. The van der Waals surface area contributed by atoms with Crippen LogP contribution in [0.25, 0.3) is 22.3 Å². The van der Waals surface area contributed by atoms with E-state index in [1.165, 1.54) is 21.9 Å². The molecule has 428 valence electrons. The summed E-state index contributed by atoms with van der Waals surface area (Å²) in [6, 6.07) is 42.6. The number of benzene rings is 6. The lowest BCUT2D eigenvalue weighted by molar-refractivity contribution is 0.128. The van der Waals surface area contributed by atoms with E-state index in [2.05, 4.69) is 46.7 Å². The molecule has 0 unspecified atom stereocenters. The van der Waals surface area contributed by atoms with Crippen LogP contribution in [0.4, 0.5) is 29.7 Å². The second-order valence-corrected chi connectivity index (χ2v) is 20.0. The third-order valence-electron chi connectivity index (χ3n) is 14.2. The third kappa shape index (κ3) is 13.9. The number of methoxy groups -OCH3 is 2. The van der Waals surface area contributed by atoms with Crippen molar-refractivity contribution in [3.63, 3.8) is 0 Å². The normalized spacial score (nSPS) is 14.8. The largest absolute Gasteiger partial charge is 0.497 e. The van der Waals surface area contributed by atoms with E-state index < -0.39 is 29.9 Å². The van der Waals surface area contributed by atoms with Crippen molar-refractivity contribution in [3.8, 4) is 33.8 Å². The minimum Gasteiger partial charge on any atom is -0.497 e. The highest BCUT2D eigenvalue weighted by molar-refractivity contribution is 5.91. The van der Waals surface area contributed by atoms with Crippen molar-refractivity contribution in [1.29, 1.82) is 0 Å². The highest BCUT2D eigenvalue weighted by atomic mass is 19.1. The number of carbonyl (C=O) groups excluding carboxylic acids is 2. The van der Waals surface area contributed by atoms with E-state index in [0.29, 0.717) is 87.9 Å². The maximum absolute atomic E-state index is 15.2. The van der Waals surface area contributed by atoms with E-state index >= 15 is 8.78 Å². The molecule has 0 aliphatic carbocycles. The van der Waals surface area contributed by atoms with Gasteiger partial charge in [-0.15, -0.1) is 15.3 Å². The molecule has 0 saturated carbocycles. The van der Waals surface area contributed by atoms with Crippen LogP contribution >= 0.6 is 0 Å². The van der Waals surface area contributed by atoms with Crippen molar-refractivity contribution in [2.24, 2.45) is 0 Å². The number of anilines is 2. The lowest BCUT2D eigenvalue weighted by atomic mass is 10.0. The Bertz CT molecular complexity index is 3770. The van der Waals surface area contributed by atoms with Crippen LogP contribution in [0.2, 0.25) is 0 Å². The van der Waals surface area contributed by atoms with Crippen molar-refractivity contribution in [2.75, 3.05) is 37.1 Å². The first-order valence-electron chi connectivity index (χ1n) is 27.1. The Labute approximate surface area is 481 Å². The number of cyclic esters (lactones) is 2. The zero-order valence-corrected chi connectivity index (χ0v) is 46.0. The maximum Gasteiger partial charge on any atom is 0.414 e. The van der Waals surface area contributed by atoms with Gasteiger partial charge in [0.2, 0.25) is 0 Å². The summed E-state index contributed by atoms with van der Waals surface area (Å²) in [5.41, 5.74) is 9.48. The number of rotatable bonds is 22. The van der Waals surface area contributed by atoms with Crippen molar-refractivity contribution in [1.82, 2.24) is 65.4 Å². The van der Waals surface area contributed by atoms with Crippen molar-refractivity contribution < 1.29 is 37.3 Å². The molecule has 0 bridgehead atoms. The summed E-state index contributed by atoms with van der Waals surface area (Å²) in [6.45, 7) is 5.13. The van der Waals surface area contributed by atoms with Crippen LogP contribution in [-0.4, -0.2) is 106 Å². The lowest BCUT2D eigenvalue weighted by Crippen LogP contribution is -2.26. The second kappa shape index (κ2) is 26.2. The number of amides is 2. The first-order chi connectivity index (χ1) is 41.1. The Morgan fingerprint density at radius 3 is 1.63 bits per heavy atom. The first-order valence-corrected chi connectivity index (χ1v) is 27.1. The van der Waals surface area contributed by atoms with E-state index in [4.69, 9.17) is 18.9 Å². The van der Waals surface area contributed by atoms with E-state index in [-0.39, 0.29) is 6.10 Å². The maximum atomic E-state index is 15.2. The number of nitrogens with zero attached hydrogens (tertiary/aromatic N) is 13. The molecule has 2 aliphatic rings. The minimum absolute atomic E-state index is 0.304.